The van der Waals surface area contributed by atoms with E-state index in [2.05, 4.69) is 4.72 Å². The van der Waals surface area contributed by atoms with Gasteiger partial charge in [-0.1, -0.05) is 11.6 Å². The minimum Gasteiger partial charge on any atom is -0.497 e. The van der Waals surface area contributed by atoms with Crippen LogP contribution in [0.3, 0.4) is 0 Å². The SMILES string of the molecule is COc1ccc(Cl)c(NS(=O)(=O)c2cc(N)cs2)c1. The summed E-state index contributed by atoms with van der Waals surface area (Å²) in [6, 6.07) is 6.10. The minimum atomic E-state index is -3.69. The fourth-order valence-corrected chi connectivity index (χ4v) is 3.75. The largest absolute Gasteiger partial charge is 0.497 e. The van der Waals surface area contributed by atoms with E-state index < -0.39 is 10.0 Å². The Kier molecular flexibility index (Phi) is 3.88. The lowest BCUT2D eigenvalue weighted by molar-refractivity contribution is 0.415. The number of nitrogen functional groups attached to an aromatic ring is 1. The van der Waals surface area contributed by atoms with Gasteiger partial charge in [-0.2, -0.15) is 0 Å². The smallest absolute Gasteiger partial charge is 0.271 e. The van der Waals surface area contributed by atoms with Crippen LogP contribution in [0.4, 0.5) is 11.4 Å². The molecule has 19 heavy (non-hydrogen) atoms. The van der Waals surface area contributed by atoms with Crippen molar-refractivity contribution in [2.45, 2.75) is 4.21 Å². The first-order valence-electron chi connectivity index (χ1n) is 5.13. The van der Waals surface area contributed by atoms with Gasteiger partial charge in [0, 0.05) is 17.1 Å². The van der Waals surface area contributed by atoms with Gasteiger partial charge in [0.25, 0.3) is 10.0 Å². The Morgan fingerprint density at radius 3 is 2.68 bits per heavy atom. The van der Waals surface area contributed by atoms with Gasteiger partial charge in [0.1, 0.15) is 9.96 Å². The Morgan fingerprint density at radius 2 is 2.11 bits per heavy atom. The number of nitrogens with two attached hydrogens (primary N) is 1. The highest BCUT2D eigenvalue weighted by Gasteiger charge is 2.18. The van der Waals surface area contributed by atoms with Crippen molar-refractivity contribution in [2.75, 3.05) is 17.6 Å². The Balaban J connectivity index is 2.35. The van der Waals surface area contributed by atoms with E-state index in [0.29, 0.717) is 11.4 Å². The molecule has 5 nitrogen and oxygen atoms in total. The van der Waals surface area contributed by atoms with Gasteiger partial charge in [0.05, 0.1) is 17.8 Å². The van der Waals surface area contributed by atoms with Gasteiger partial charge in [-0.15, -0.1) is 11.3 Å². The Morgan fingerprint density at radius 1 is 1.37 bits per heavy atom. The normalized spacial score (nSPS) is 11.3. The summed E-state index contributed by atoms with van der Waals surface area (Å²) in [4.78, 5) is 0. The van der Waals surface area contributed by atoms with Crippen LogP contribution in [-0.4, -0.2) is 15.5 Å². The number of sulfonamides is 1. The van der Waals surface area contributed by atoms with Gasteiger partial charge >= 0.3 is 0 Å². The molecule has 8 heteroatoms. The zero-order chi connectivity index (χ0) is 14.0. The molecule has 102 valence electrons. The van der Waals surface area contributed by atoms with Gasteiger partial charge in [-0.3, -0.25) is 4.72 Å². The van der Waals surface area contributed by atoms with Crippen molar-refractivity contribution in [3.05, 3.63) is 34.7 Å². The van der Waals surface area contributed by atoms with E-state index in [0.717, 1.165) is 11.3 Å². The molecule has 2 rings (SSSR count). The van der Waals surface area contributed by atoms with E-state index in [-0.39, 0.29) is 14.9 Å². The number of benzene rings is 1. The third-order valence-electron chi connectivity index (χ3n) is 2.28. The number of anilines is 2. The number of ether oxygens (including phenoxy) is 1. The number of rotatable bonds is 4. The molecule has 3 N–H and O–H groups in total. The molecule has 0 spiro atoms. The summed E-state index contributed by atoms with van der Waals surface area (Å²) in [5, 5.41) is 1.84. The second-order valence-electron chi connectivity index (χ2n) is 3.65. The average Bonchev–Trinajstić information content (AvgIpc) is 2.79. The van der Waals surface area contributed by atoms with Crippen molar-refractivity contribution in [3.63, 3.8) is 0 Å². The summed E-state index contributed by atoms with van der Waals surface area (Å²) in [6.07, 6.45) is 0. The molecule has 0 aliphatic heterocycles. The van der Waals surface area contributed by atoms with E-state index in [9.17, 15) is 8.42 Å². The molecular weight excluding hydrogens is 308 g/mol. The molecule has 0 radical (unpaired) electrons. The first-order chi connectivity index (χ1) is 8.92. The number of halogens is 1. The molecule has 0 aliphatic rings. The van der Waals surface area contributed by atoms with Crippen LogP contribution in [0.1, 0.15) is 0 Å². The average molecular weight is 319 g/mol. The number of thiophene rings is 1. The first kappa shape index (κ1) is 14.0. The molecule has 0 bridgehead atoms. The predicted octanol–water partition coefficient (Wildman–Crippen LogP) is 2.79. The third-order valence-corrected chi connectivity index (χ3v) is 5.43. The number of nitrogens with one attached hydrogen (secondary N) is 1. The summed E-state index contributed by atoms with van der Waals surface area (Å²) in [6.45, 7) is 0. The lowest BCUT2D eigenvalue weighted by Gasteiger charge is -2.09. The summed E-state index contributed by atoms with van der Waals surface area (Å²) in [5.41, 5.74) is 6.18. The predicted molar refractivity (Wildman–Crippen MR) is 77.5 cm³/mol. The van der Waals surface area contributed by atoms with Crippen LogP contribution in [0, 0.1) is 0 Å². The quantitative estimate of drug-likeness (QED) is 0.908. The summed E-state index contributed by atoms with van der Waals surface area (Å²) < 4.78 is 31.8. The van der Waals surface area contributed by atoms with Crippen LogP contribution in [0.2, 0.25) is 5.02 Å². The number of hydrogen-bond donors (Lipinski definition) is 2. The maximum Gasteiger partial charge on any atom is 0.271 e. The molecule has 0 aliphatic carbocycles. The van der Waals surface area contributed by atoms with E-state index >= 15 is 0 Å². The van der Waals surface area contributed by atoms with E-state index in [4.69, 9.17) is 22.1 Å². The minimum absolute atomic E-state index is 0.129. The van der Waals surface area contributed by atoms with Crippen molar-refractivity contribution in [3.8, 4) is 5.75 Å². The summed E-state index contributed by atoms with van der Waals surface area (Å²) in [7, 11) is -2.20. The Labute approximate surface area is 120 Å². The van der Waals surface area contributed by atoms with Gasteiger partial charge in [-0.05, 0) is 18.2 Å². The number of methoxy groups -OCH3 is 1. The first-order valence-corrected chi connectivity index (χ1v) is 7.87. The monoisotopic (exact) mass is 318 g/mol. The zero-order valence-corrected chi connectivity index (χ0v) is 12.3. The molecule has 1 aromatic heterocycles. The molecular formula is C11H11ClN2O3S2. The maximum absolute atomic E-state index is 12.1. The van der Waals surface area contributed by atoms with Crippen LogP contribution >= 0.6 is 22.9 Å². The van der Waals surface area contributed by atoms with E-state index in [1.807, 2.05) is 0 Å². The van der Waals surface area contributed by atoms with Crippen molar-refractivity contribution < 1.29 is 13.2 Å². The van der Waals surface area contributed by atoms with Crippen molar-refractivity contribution in [2.24, 2.45) is 0 Å². The molecule has 0 amide bonds. The zero-order valence-electron chi connectivity index (χ0n) is 9.88. The second kappa shape index (κ2) is 5.28. The fourth-order valence-electron chi connectivity index (χ4n) is 1.38. The topological polar surface area (TPSA) is 81.4 Å². The molecule has 0 unspecified atom stereocenters. The fraction of sp³-hybridized carbons (Fsp3) is 0.0909. The number of hydrogen-bond acceptors (Lipinski definition) is 5. The highest BCUT2D eigenvalue weighted by molar-refractivity contribution is 7.94. The van der Waals surface area contributed by atoms with Crippen molar-refractivity contribution in [1.29, 1.82) is 0 Å². The highest BCUT2D eigenvalue weighted by atomic mass is 35.5. The Hall–Kier alpha value is -1.44. The summed E-state index contributed by atoms with van der Waals surface area (Å²) >= 11 is 6.99. The van der Waals surface area contributed by atoms with Crippen LogP contribution in [0.25, 0.3) is 0 Å². The molecule has 0 saturated heterocycles. The van der Waals surface area contributed by atoms with Crippen molar-refractivity contribution >= 4 is 44.3 Å². The van der Waals surface area contributed by atoms with E-state index in [1.165, 1.54) is 19.2 Å². The molecule has 0 saturated carbocycles. The molecule has 2 aromatic rings. The van der Waals surface area contributed by atoms with Gasteiger partial charge in [0.2, 0.25) is 0 Å². The van der Waals surface area contributed by atoms with Gasteiger partial charge in [0.15, 0.2) is 0 Å². The molecule has 0 fully saturated rings. The van der Waals surface area contributed by atoms with Crippen LogP contribution < -0.4 is 15.2 Å². The molecule has 1 heterocycles. The van der Waals surface area contributed by atoms with Gasteiger partial charge in [-0.25, -0.2) is 8.42 Å². The van der Waals surface area contributed by atoms with E-state index in [1.54, 1.807) is 17.5 Å². The van der Waals surface area contributed by atoms with Gasteiger partial charge < -0.3 is 10.5 Å². The highest BCUT2D eigenvalue weighted by Crippen LogP contribution is 2.30. The lowest BCUT2D eigenvalue weighted by atomic mass is 10.3. The standard InChI is InChI=1S/C11H11ClN2O3S2/c1-17-8-2-3-9(12)10(5-8)14-19(15,16)11-4-7(13)6-18-11/h2-6,14H,13H2,1H3. The molecule has 1 aromatic carbocycles. The summed E-state index contributed by atoms with van der Waals surface area (Å²) in [5.74, 6) is 0.507. The van der Waals surface area contributed by atoms with Crippen LogP contribution in [0.5, 0.6) is 5.75 Å². The third kappa shape index (κ3) is 3.12. The molecule has 0 atom stereocenters. The van der Waals surface area contributed by atoms with Crippen molar-refractivity contribution in [1.82, 2.24) is 0 Å². The lowest BCUT2D eigenvalue weighted by Crippen LogP contribution is -2.11. The van der Waals surface area contributed by atoms with Crippen LogP contribution in [0.15, 0.2) is 33.9 Å². The maximum atomic E-state index is 12.1. The Bertz CT molecular complexity index is 698. The second-order valence-corrected chi connectivity index (χ2v) is 6.88. The van der Waals surface area contributed by atoms with Crippen LogP contribution in [-0.2, 0) is 10.0 Å².